The van der Waals surface area contributed by atoms with Gasteiger partial charge in [0.1, 0.15) is 11.2 Å². The monoisotopic (exact) mass is 273 g/mol. The standard InChI is InChI=1S/C11H13ClFN3O2/c1-11(2,9(14)16-18)10(17)15-8-4-3-6(12)5-7(8)13/h3-5,18H,1-2H3,(H2,14,16)(H,15,17). The number of anilines is 1. The number of hydrogen-bond acceptors (Lipinski definition) is 3. The number of hydrogen-bond donors (Lipinski definition) is 3. The van der Waals surface area contributed by atoms with Crippen LogP contribution in [0.5, 0.6) is 0 Å². The van der Waals surface area contributed by atoms with Crippen molar-refractivity contribution in [2.24, 2.45) is 16.3 Å². The highest BCUT2D eigenvalue weighted by Crippen LogP contribution is 2.22. The summed E-state index contributed by atoms with van der Waals surface area (Å²) in [6.07, 6.45) is 0. The van der Waals surface area contributed by atoms with Crippen LogP contribution in [0.25, 0.3) is 0 Å². The lowest BCUT2D eigenvalue weighted by Gasteiger charge is -2.21. The Labute approximate surface area is 108 Å². The Balaban J connectivity index is 2.95. The quantitative estimate of drug-likeness (QED) is 0.341. The maximum absolute atomic E-state index is 13.5. The molecule has 1 amide bonds. The summed E-state index contributed by atoms with van der Waals surface area (Å²) in [6, 6.07) is 3.85. The van der Waals surface area contributed by atoms with Gasteiger partial charge in [-0.1, -0.05) is 16.8 Å². The lowest BCUT2D eigenvalue weighted by molar-refractivity contribution is -0.121. The smallest absolute Gasteiger partial charge is 0.237 e. The van der Waals surface area contributed by atoms with E-state index in [2.05, 4.69) is 10.5 Å². The topological polar surface area (TPSA) is 87.7 Å². The molecule has 1 aromatic rings. The molecule has 98 valence electrons. The summed E-state index contributed by atoms with van der Waals surface area (Å²) in [5.74, 6) is -1.53. The molecule has 0 aliphatic rings. The van der Waals surface area contributed by atoms with Crippen LogP contribution in [0.2, 0.25) is 5.02 Å². The van der Waals surface area contributed by atoms with Crippen LogP contribution in [0.1, 0.15) is 13.8 Å². The maximum Gasteiger partial charge on any atom is 0.237 e. The lowest BCUT2D eigenvalue weighted by atomic mass is 9.91. The SMILES string of the molecule is CC(C)(C(=O)Nc1ccc(Cl)cc1F)C(N)=NO. The zero-order chi connectivity index (χ0) is 13.9. The molecule has 0 atom stereocenters. The van der Waals surface area contributed by atoms with Crippen LogP contribution in [0.3, 0.4) is 0 Å². The summed E-state index contributed by atoms with van der Waals surface area (Å²) in [7, 11) is 0. The van der Waals surface area contributed by atoms with Crippen LogP contribution < -0.4 is 11.1 Å². The van der Waals surface area contributed by atoms with Gasteiger partial charge in [-0.15, -0.1) is 0 Å². The van der Waals surface area contributed by atoms with Gasteiger partial charge in [-0.3, -0.25) is 4.79 Å². The Morgan fingerprint density at radius 2 is 2.17 bits per heavy atom. The molecule has 0 saturated heterocycles. The number of nitrogens with two attached hydrogens (primary N) is 1. The van der Waals surface area contributed by atoms with Gasteiger partial charge in [0, 0.05) is 5.02 Å². The van der Waals surface area contributed by atoms with Crippen molar-refractivity contribution in [3.8, 4) is 0 Å². The first-order valence-corrected chi connectivity index (χ1v) is 5.41. The van der Waals surface area contributed by atoms with Gasteiger partial charge < -0.3 is 16.3 Å². The Morgan fingerprint density at radius 3 is 2.67 bits per heavy atom. The van der Waals surface area contributed by atoms with E-state index < -0.39 is 17.1 Å². The number of nitrogens with zero attached hydrogens (tertiary/aromatic N) is 1. The number of amides is 1. The fourth-order valence-corrected chi connectivity index (χ4v) is 1.27. The second-order valence-corrected chi connectivity index (χ2v) is 4.62. The van der Waals surface area contributed by atoms with Gasteiger partial charge in [0.15, 0.2) is 5.84 Å². The van der Waals surface area contributed by atoms with Crippen LogP contribution in [-0.4, -0.2) is 17.0 Å². The van der Waals surface area contributed by atoms with Crippen LogP contribution in [-0.2, 0) is 4.79 Å². The van der Waals surface area contributed by atoms with Gasteiger partial charge in [-0.05, 0) is 32.0 Å². The van der Waals surface area contributed by atoms with Crippen molar-refractivity contribution in [2.45, 2.75) is 13.8 Å². The molecule has 1 aromatic carbocycles. The van der Waals surface area contributed by atoms with Crippen molar-refractivity contribution >= 4 is 29.0 Å². The predicted molar refractivity (Wildman–Crippen MR) is 67.2 cm³/mol. The molecule has 4 N–H and O–H groups in total. The third kappa shape index (κ3) is 2.89. The van der Waals surface area contributed by atoms with Crippen molar-refractivity contribution in [3.05, 3.63) is 29.0 Å². The minimum Gasteiger partial charge on any atom is -0.409 e. The molecule has 1 rings (SSSR count). The van der Waals surface area contributed by atoms with Crippen molar-refractivity contribution < 1.29 is 14.4 Å². The first-order valence-electron chi connectivity index (χ1n) is 5.03. The molecule has 0 unspecified atom stereocenters. The summed E-state index contributed by atoms with van der Waals surface area (Å²) in [4.78, 5) is 11.9. The van der Waals surface area contributed by atoms with Crippen molar-refractivity contribution in [1.29, 1.82) is 0 Å². The van der Waals surface area contributed by atoms with Crippen molar-refractivity contribution in [3.63, 3.8) is 0 Å². The Kier molecular flexibility index (Phi) is 4.13. The second-order valence-electron chi connectivity index (χ2n) is 4.19. The molecule has 0 fully saturated rings. The normalized spacial score (nSPS) is 12.3. The molecular formula is C11H13ClFN3O2. The van der Waals surface area contributed by atoms with Crippen LogP contribution in [0, 0.1) is 11.2 Å². The number of rotatable bonds is 3. The van der Waals surface area contributed by atoms with Gasteiger partial charge in [0.05, 0.1) is 5.69 Å². The molecule has 0 bridgehead atoms. The average Bonchev–Trinajstić information content (AvgIpc) is 2.31. The lowest BCUT2D eigenvalue weighted by Crippen LogP contribution is -2.42. The van der Waals surface area contributed by atoms with Gasteiger partial charge >= 0.3 is 0 Å². The minimum atomic E-state index is -1.26. The average molecular weight is 274 g/mol. The maximum atomic E-state index is 13.5. The minimum absolute atomic E-state index is 0.0248. The zero-order valence-corrected chi connectivity index (χ0v) is 10.6. The van der Waals surface area contributed by atoms with Gasteiger partial charge in [0.2, 0.25) is 5.91 Å². The highest BCUT2D eigenvalue weighted by atomic mass is 35.5. The Morgan fingerprint density at radius 1 is 1.56 bits per heavy atom. The van der Waals surface area contributed by atoms with Crippen LogP contribution >= 0.6 is 11.6 Å². The van der Waals surface area contributed by atoms with Crippen molar-refractivity contribution in [1.82, 2.24) is 0 Å². The number of carbonyl (C=O) groups excluding carboxylic acids is 1. The van der Waals surface area contributed by atoms with E-state index in [9.17, 15) is 9.18 Å². The summed E-state index contributed by atoms with van der Waals surface area (Å²) in [6.45, 7) is 2.90. The predicted octanol–water partition coefficient (Wildman–Crippen LogP) is 2.19. The van der Waals surface area contributed by atoms with Gasteiger partial charge in [-0.25, -0.2) is 4.39 Å². The van der Waals surface area contributed by atoms with E-state index in [1.54, 1.807) is 0 Å². The molecule has 0 aliphatic heterocycles. The van der Waals surface area contributed by atoms with Crippen LogP contribution in [0.15, 0.2) is 23.4 Å². The third-order valence-corrected chi connectivity index (χ3v) is 2.73. The third-order valence-electron chi connectivity index (χ3n) is 2.50. The number of carbonyl (C=O) groups is 1. The van der Waals surface area contributed by atoms with E-state index in [0.29, 0.717) is 0 Å². The molecule has 7 heteroatoms. The molecular weight excluding hydrogens is 261 g/mol. The molecule has 5 nitrogen and oxygen atoms in total. The molecule has 0 aliphatic carbocycles. The van der Waals surface area contributed by atoms with Crippen molar-refractivity contribution in [2.75, 3.05) is 5.32 Å². The zero-order valence-electron chi connectivity index (χ0n) is 9.87. The molecule has 0 heterocycles. The molecule has 18 heavy (non-hydrogen) atoms. The number of halogens is 2. The van der Waals surface area contributed by atoms with E-state index in [4.69, 9.17) is 22.5 Å². The summed E-state index contributed by atoms with van der Waals surface area (Å²) >= 11 is 5.59. The summed E-state index contributed by atoms with van der Waals surface area (Å²) in [5, 5.41) is 13.9. The summed E-state index contributed by atoms with van der Waals surface area (Å²) in [5.41, 5.74) is 4.10. The molecule has 0 saturated carbocycles. The number of benzene rings is 1. The Hall–Kier alpha value is -1.82. The number of oxime groups is 1. The van der Waals surface area contributed by atoms with E-state index in [1.807, 2.05) is 0 Å². The van der Waals surface area contributed by atoms with Gasteiger partial charge in [-0.2, -0.15) is 0 Å². The fraction of sp³-hybridized carbons (Fsp3) is 0.273. The number of amidine groups is 1. The van der Waals surface area contributed by atoms with E-state index in [0.717, 1.165) is 6.07 Å². The highest BCUT2D eigenvalue weighted by Gasteiger charge is 2.33. The van der Waals surface area contributed by atoms with E-state index in [1.165, 1.54) is 26.0 Å². The molecule has 0 radical (unpaired) electrons. The molecule has 0 aromatic heterocycles. The van der Waals surface area contributed by atoms with Crippen LogP contribution in [0.4, 0.5) is 10.1 Å². The first kappa shape index (κ1) is 14.2. The fourth-order valence-electron chi connectivity index (χ4n) is 1.11. The Bertz CT molecular complexity index is 503. The number of nitrogens with one attached hydrogen (secondary N) is 1. The first-order chi connectivity index (χ1) is 8.28. The largest absolute Gasteiger partial charge is 0.409 e. The highest BCUT2D eigenvalue weighted by molar-refractivity contribution is 6.30. The second kappa shape index (κ2) is 5.22. The summed E-state index contributed by atoms with van der Waals surface area (Å²) < 4.78 is 13.5. The van der Waals surface area contributed by atoms with E-state index in [-0.39, 0.29) is 16.5 Å². The molecule has 0 spiro atoms. The van der Waals surface area contributed by atoms with Gasteiger partial charge in [0.25, 0.3) is 0 Å². The van der Waals surface area contributed by atoms with E-state index >= 15 is 0 Å².